The van der Waals surface area contributed by atoms with Crippen LogP contribution in [0.15, 0.2) is 12.5 Å². The highest BCUT2D eigenvalue weighted by atomic mass is 14.9. The van der Waals surface area contributed by atoms with Crippen molar-refractivity contribution < 1.29 is 0 Å². The predicted molar refractivity (Wildman–Crippen MR) is 52.6 cm³/mol. The highest BCUT2D eigenvalue weighted by Crippen LogP contribution is 2.17. The number of nitrogens with one attached hydrogen (secondary N) is 2. The lowest BCUT2D eigenvalue weighted by Gasteiger charge is -2.10. The van der Waals surface area contributed by atoms with Crippen LogP contribution in [0.2, 0.25) is 0 Å². The van der Waals surface area contributed by atoms with Crippen LogP contribution in [0.25, 0.3) is 0 Å². The summed E-state index contributed by atoms with van der Waals surface area (Å²) in [5.74, 6) is 0. The zero-order chi connectivity index (χ0) is 8.93. The zero-order valence-corrected chi connectivity index (χ0v) is 7.92. The SMILES string of the molecule is c1ncc(CCNC2CCCC2)[nH]1. The fraction of sp³-hybridized carbons (Fsp3) is 0.700. The lowest BCUT2D eigenvalue weighted by atomic mass is 10.2. The molecule has 1 aliphatic carbocycles. The molecule has 3 nitrogen and oxygen atoms in total. The van der Waals surface area contributed by atoms with Crippen molar-refractivity contribution in [3.8, 4) is 0 Å². The Morgan fingerprint density at radius 3 is 3.00 bits per heavy atom. The van der Waals surface area contributed by atoms with Gasteiger partial charge in [-0.15, -0.1) is 0 Å². The first-order valence-electron chi connectivity index (χ1n) is 5.16. The normalized spacial score (nSPS) is 18.2. The summed E-state index contributed by atoms with van der Waals surface area (Å²) in [4.78, 5) is 7.10. The van der Waals surface area contributed by atoms with E-state index >= 15 is 0 Å². The summed E-state index contributed by atoms with van der Waals surface area (Å²) >= 11 is 0. The van der Waals surface area contributed by atoms with Crippen molar-refractivity contribution >= 4 is 0 Å². The monoisotopic (exact) mass is 179 g/mol. The van der Waals surface area contributed by atoms with Gasteiger partial charge in [-0.25, -0.2) is 4.98 Å². The van der Waals surface area contributed by atoms with E-state index < -0.39 is 0 Å². The summed E-state index contributed by atoms with van der Waals surface area (Å²) in [6, 6.07) is 0.780. The average Bonchev–Trinajstić information content (AvgIpc) is 2.75. The Bertz CT molecular complexity index is 224. The molecule has 3 heteroatoms. The molecule has 0 atom stereocenters. The number of nitrogens with zero attached hydrogens (tertiary/aromatic N) is 1. The molecule has 1 fully saturated rings. The quantitative estimate of drug-likeness (QED) is 0.735. The molecular weight excluding hydrogens is 162 g/mol. The second kappa shape index (κ2) is 4.42. The topological polar surface area (TPSA) is 40.7 Å². The molecule has 1 saturated carbocycles. The number of rotatable bonds is 4. The molecule has 13 heavy (non-hydrogen) atoms. The van der Waals surface area contributed by atoms with E-state index in [9.17, 15) is 0 Å². The van der Waals surface area contributed by atoms with E-state index in [2.05, 4.69) is 15.3 Å². The van der Waals surface area contributed by atoms with Crippen LogP contribution in [0.4, 0.5) is 0 Å². The van der Waals surface area contributed by atoms with Gasteiger partial charge in [0.05, 0.1) is 6.33 Å². The Hall–Kier alpha value is -0.830. The summed E-state index contributed by atoms with van der Waals surface area (Å²) in [5, 5.41) is 3.57. The minimum atomic E-state index is 0.780. The van der Waals surface area contributed by atoms with E-state index in [0.717, 1.165) is 19.0 Å². The molecule has 0 aromatic carbocycles. The lowest BCUT2D eigenvalue weighted by Crippen LogP contribution is -2.28. The number of H-pyrrole nitrogens is 1. The van der Waals surface area contributed by atoms with Crippen molar-refractivity contribution in [3.63, 3.8) is 0 Å². The summed E-state index contributed by atoms with van der Waals surface area (Å²) in [7, 11) is 0. The lowest BCUT2D eigenvalue weighted by molar-refractivity contribution is 0.526. The predicted octanol–water partition coefficient (Wildman–Crippen LogP) is 1.48. The molecule has 1 aromatic heterocycles. The standard InChI is InChI=1S/C10H17N3/c1-2-4-9(3-1)12-6-5-10-7-11-8-13-10/h7-9,12H,1-6H2,(H,11,13). The Labute approximate surface area is 79.0 Å². The molecule has 0 unspecified atom stereocenters. The van der Waals surface area contributed by atoms with E-state index in [1.165, 1.54) is 31.4 Å². The first kappa shape index (κ1) is 8.75. The molecular formula is C10H17N3. The Kier molecular flexibility index (Phi) is 2.98. The maximum Gasteiger partial charge on any atom is 0.0921 e. The molecule has 1 heterocycles. The third-order valence-corrected chi connectivity index (χ3v) is 2.74. The van der Waals surface area contributed by atoms with Gasteiger partial charge >= 0.3 is 0 Å². The molecule has 0 saturated heterocycles. The zero-order valence-electron chi connectivity index (χ0n) is 7.92. The summed E-state index contributed by atoms with van der Waals surface area (Å²) in [5.41, 5.74) is 1.23. The van der Waals surface area contributed by atoms with Gasteiger partial charge in [0.1, 0.15) is 0 Å². The van der Waals surface area contributed by atoms with Crippen LogP contribution in [-0.4, -0.2) is 22.6 Å². The fourth-order valence-corrected chi connectivity index (χ4v) is 1.96. The van der Waals surface area contributed by atoms with Crippen LogP contribution < -0.4 is 5.32 Å². The second-order valence-electron chi connectivity index (χ2n) is 3.76. The summed E-state index contributed by atoms with van der Waals surface area (Å²) < 4.78 is 0. The Morgan fingerprint density at radius 2 is 2.31 bits per heavy atom. The maximum atomic E-state index is 3.99. The highest BCUT2D eigenvalue weighted by molar-refractivity contribution is 4.94. The minimum absolute atomic E-state index is 0.780. The van der Waals surface area contributed by atoms with Gasteiger partial charge in [-0.2, -0.15) is 0 Å². The number of hydrogen-bond donors (Lipinski definition) is 2. The first-order valence-corrected chi connectivity index (χ1v) is 5.16. The van der Waals surface area contributed by atoms with Crippen LogP contribution in [0.3, 0.4) is 0 Å². The molecule has 0 amide bonds. The number of imidazole rings is 1. The maximum absolute atomic E-state index is 3.99. The molecule has 0 radical (unpaired) electrons. The van der Waals surface area contributed by atoms with Gasteiger partial charge in [0.15, 0.2) is 0 Å². The van der Waals surface area contributed by atoms with E-state index in [4.69, 9.17) is 0 Å². The van der Waals surface area contributed by atoms with Gasteiger partial charge < -0.3 is 10.3 Å². The summed E-state index contributed by atoms with van der Waals surface area (Å²) in [6.07, 6.45) is 10.2. The van der Waals surface area contributed by atoms with Crippen LogP contribution in [-0.2, 0) is 6.42 Å². The van der Waals surface area contributed by atoms with Gasteiger partial charge in [0.2, 0.25) is 0 Å². The largest absolute Gasteiger partial charge is 0.348 e. The third-order valence-electron chi connectivity index (χ3n) is 2.74. The molecule has 1 aromatic rings. The number of aromatic amines is 1. The Morgan fingerprint density at radius 1 is 1.46 bits per heavy atom. The molecule has 0 bridgehead atoms. The van der Waals surface area contributed by atoms with Crippen molar-refractivity contribution in [3.05, 3.63) is 18.2 Å². The molecule has 0 aliphatic heterocycles. The van der Waals surface area contributed by atoms with Crippen LogP contribution in [0, 0.1) is 0 Å². The van der Waals surface area contributed by atoms with Gasteiger partial charge in [0, 0.05) is 30.9 Å². The van der Waals surface area contributed by atoms with Crippen molar-refractivity contribution in [1.82, 2.24) is 15.3 Å². The highest BCUT2D eigenvalue weighted by Gasteiger charge is 2.13. The van der Waals surface area contributed by atoms with Crippen LogP contribution in [0.5, 0.6) is 0 Å². The van der Waals surface area contributed by atoms with Gasteiger partial charge in [-0.3, -0.25) is 0 Å². The molecule has 1 aliphatic rings. The van der Waals surface area contributed by atoms with Gasteiger partial charge in [-0.05, 0) is 12.8 Å². The van der Waals surface area contributed by atoms with Crippen molar-refractivity contribution in [2.45, 2.75) is 38.1 Å². The van der Waals surface area contributed by atoms with Crippen molar-refractivity contribution in [2.24, 2.45) is 0 Å². The average molecular weight is 179 g/mol. The minimum Gasteiger partial charge on any atom is -0.348 e. The van der Waals surface area contributed by atoms with E-state index in [1.54, 1.807) is 6.33 Å². The van der Waals surface area contributed by atoms with E-state index in [-0.39, 0.29) is 0 Å². The van der Waals surface area contributed by atoms with Crippen molar-refractivity contribution in [1.29, 1.82) is 0 Å². The third kappa shape index (κ3) is 2.56. The van der Waals surface area contributed by atoms with Crippen molar-refractivity contribution in [2.75, 3.05) is 6.54 Å². The number of aromatic nitrogens is 2. The number of hydrogen-bond acceptors (Lipinski definition) is 2. The Balaban J connectivity index is 1.63. The first-order chi connectivity index (χ1) is 6.45. The molecule has 72 valence electrons. The molecule has 2 N–H and O–H groups in total. The van der Waals surface area contributed by atoms with Crippen LogP contribution in [0.1, 0.15) is 31.4 Å². The smallest absolute Gasteiger partial charge is 0.0921 e. The summed E-state index contributed by atoms with van der Waals surface area (Å²) in [6.45, 7) is 1.08. The van der Waals surface area contributed by atoms with E-state index in [1.807, 2.05) is 6.20 Å². The van der Waals surface area contributed by atoms with Crippen LogP contribution >= 0.6 is 0 Å². The van der Waals surface area contributed by atoms with Gasteiger partial charge in [-0.1, -0.05) is 12.8 Å². The second-order valence-corrected chi connectivity index (χ2v) is 3.76. The fourth-order valence-electron chi connectivity index (χ4n) is 1.96. The molecule has 0 spiro atoms. The molecule has 2 rings (SSSR count). The van der Waals surface area contributed by atoms with Gasteiger partial charge in [0.25, 0.3) is 0 Å². The van der Waals surface area contributed by atoms with E-state index in [0.29, 0.717) is 0 Å².